The Hall–Kier alpha value is -3.65. The first kappa shape index (κ1) is 20.3. The van der Waals surface area contributed by atoms with Crippen molar-refractivity contribution in [2.75, 3.05) is 12.0 Å². The van der Waals surface area contributed by atoms with Crippen LogP contribution in [0.15, 0.2) is 68.4 Å². The summed E-state index contributed by atoms with van der Waals surface area (Å²) < 4.78 is 11.9. The van der Waals surface area contributed by atoms with Crippen molar-refractivity contribution in [2.45, 2.75) is 13.0 Å². The Kier molecular flexibility index (Phi) is 4.74. The van der Waals surface area contributed by atoms with Crippen molar-refractivity contribution in [1.29, 1.82) is 0 Å². The number of fused-ring (bicyclic) bond motifs is 2. The Balaban J connectivity index is 1.83. The van der Waals surface area contributed by atoms with Crippen LogP contribution in [-0.2, 0) is 0 Å². The van der Waals surface area contributed by atoms with Crippen molar-refractivity contribution >= 4 is 38.6 Å². The van der Waals surface area contributed by atoms with Crippen molar-refractivity contribution in [2.24, 2.45) is 0 Å². The van der Waals surface area contributed by atoms with Gasteiger partial charge in [0.25, 0.3) is 5.91 Å². The predicted octanol–water partition coefficient (Wildman–Crippen LogP) is 4.72. The number of carbonyl (C=O) groups is 1. The van der Waals surface area contributed by atoms with Crippen LogP contribution in [-0.4, -0.2) is 23.1 Å². The SMILES string of the molecule is COc1cc([C@H]2c3c(oc4ccc(Br)cc4c3=O)C(=O)N2c2cc(C)ccn2)ccc1O. The van der Waals surface area contributed by atoms with Crippen LogP contribution in [0.25, 0.3) is 11.0 Å². The number of benzene rings is 2. The van der Waals surface area contributed by atoms with Gasteiger partial charge >= 0.3 is 0 Å². The fourth-order valence-electron chi connectivity index (χ4n) is 4.01. The number of hydrogen-bond acceptors (Lipinski definition) is 6. The molecule has 1 aliphatic heterocycles. The smallest absolute Gasteiger partial charge is 0.296 e. The number of aromatic nitrogens is 1. The summed E-state index contributed by atoms with van der Waals surface area (Å²) in [5, 5.41) is 10.4. The highest BCUT2D eigenvalue weighted by atomic mass is 79.9. The van der Waals surface area contributed by atoms with Gasteiger partial charge in [-0.15, -0.1) is 0 Å². The van der Waals surface area contributed by atoms with Gasteiger partial charge in [-0.25, -0.2) is 4.98 Å². The molecule has 0 saturated carbocycles. The summed E-state index contributed by atoms with van der Waals surface area (Å²) >= 11 is 3.39. The first-order valence-electron chi connectivity index (χ1n) is 9.78. The van der Waals surface area contributed by atoms with Gasteiger partial charge in [0, 0.05) is 10.7 Å². The fourth-order valence-corrected chi connectivity index (χ4v) is 4.37. The average molecular weight is 493 g/mol. The first-order valence-corrected chi connectivity index (χ1v) is 10.6. The van der Waals surface area contributed by atoms with E-state index in [1.165, 1.54) is 18.1 Å². The second-order valence-corrected chi connectivity index (χ2v) is 8.43. The van der Waals surface area contributed by atoms with Crippen molar-refractivity contribution in [3.8, 4) is 11.5 Å². The van der Waals surface area contributed by atoms with Crippen molar-refractivity contribution in [1.82, 2.24) is 4.98 Å². The molecule has 1 amide bonds. The van der Waals surface area contributed by atoms with Crippen LogP contribution in [0.3, 0.4) is 0 Å². The van der Waals surface area contributed by atoms with Crippen LogP contribution >= 0.6 is 15.9 Å². The van der Waals surface area contributed by atoms with E-state index < -0.39 is 11.9 Å². The molecule has 0 radical (unpaired) electrons. The second-order valence-electron chi connectivity index (χ2n) is 7.51. The molecular formula is C24H17BrN2O5. The lowest BCUT2D eigenvalue weighted by molar-refractivity contribution is 0.0970. The number of phenols is 1. The molecular weight excluding hydrogens is 476 g/mol. The summed E-state index contributed by atoms with van der Waals surface area (Å²) in [6.07, 6.45) is 1.61. The van der Waals surface area contributed by atoms with Crippen molar-refractivity contribution in [3.63, 3.8) is 0 Å². The molecule has 160 valence electrons. The zero-order chi connectivity index (χ0) is 22.6. The number of nitrogens with zero attached hydrogens (tertiary/aromatic N) is 2. The minimum atomic E-state index is -0.805. The summed E-state index contributed by atoms with van der Waals surface area (Å²) in [7, 11) is 1.44. The van der Waals surface area contributed by atoms with Gasteiger partial charge in [0.2, 0.25) is 5.76 Å². The number of aromatic hydroxyl groups is 1. The van der Waals surface area contributed by atoms with Crippen molar-refractivity contribution < 1.29 is 19.1 Å². The maximum absolute atomic E-state index is 13.6. The van der Waals surface area contributed by atoms with Gasteiger partial charge in [0.1, 0.15) is 11.4 Å². The van der Waals surface area contributed by atoms with E-state index in [0.717, 1.165) is 10.0 Å². The number of halogens is 1. The highest BCUT2D eigenvalue weighted by Crippen LogP contribution is 2.42. The number of amides is 1. The number of phenolic OH excluding ortho intramolecular Hbond substituents is 1. The topological polar surface area (TPSA) is 92.9 Å². The van der Waals surface area contributed by atoms with E-state index >= 15 is 0 Å². The Labute approximate surface area is 191 Å². The number of pyridine rings is 1. The van der Waals surface area contributed by atoms with E-state index in [0.29, 0.717) is 22.4 Å². The lowest BCUT2D eigenvalue weighted by Gasteiger charge is -2.24. The van der Waals surface area contributed by atoms with E-state index in [1.807, 2.05) is 13.0 Å². The molecule has 0 unspecified atom stereocenters. The van der Waals surface area contributed by atoms with E-state index in [4.69, 9.17) is 9.15 Å². The molecule has 0 spiro atoms. The van der Waals surface area contributed by atoms with Gasteiger partial charge in [0.05, 0.1) is 24.1 Å². The molecule has 1 aliphatic rings. The molecule has 1 N–H and O–H groups in total. The lowest BCUT2D eigenvalue weighted by Crippen LogP contribution is -2.30. The number of carbonyl (C=O) groups excluding carboxylic acids is 1. The van der Waals surface area contributed by atoms with Crippen LogP contribution in [0.2, 0.25) is 0 Å². The van der Waals surface area contributed by atoms with Crippen LogP contribution in [0.1, 0.15) is 33.3 Å². The quantitative estimate of drug-likeness (QED) is 0.444. The molecule has 3 heterocycles. The number of rotatable bonds is 3. The van der Waals surface area contributed by atoms with Gasteiger partial charge in [-0.3, -0.25) is 14.5 Å². The maximum atomic E-state index is 13.6. The summed E-state index contributed by atoms with van der Waals surface area (Å²) in [6.45, 7) is 1.90. The molecule has 2 aromatic carbocycles. The van der Waals surface area contributed by atoms with E-state index in [2.05, 4.69) is 20.9 Å². The second kappa shape index (κ2) is 7.49. The Bertz CT molecular complexity index is 1460. The standard InChI is InChI=1S/C24H17BrN2O5/c1-12-7-8-26-19(9-12)27-21(13-3-5-16(28)18(10-13)31-2)20-22(29)15-11-14(25)4-6-17(15)32-23(20)24(27)30/h3-11,21,28H,1-2H3/t21-/m0/s1. The molecule has 0 bridgehead atoms. The molecule has 0 fully saturated rings. The Morgan fingerprint density at radius 2 is 1.94 bits per heavy atom. The normalized spacial score (nSPS) is 15.3. The molecule has 7 nitrogen and oxygen atoms in total. The highest BCUT2D eigenvalue weighted by molar-refractivity contribution is 9.10. The molecule has 2 aromatic heterocycles. The average Bonchev–Trinajstić information content (AvgIpc) is 3.07. The van der Waals surface area contributed by atoms with E-state index in [1.54, 1.807) is 42.6 Å². The Morgan fingerprint density at radius 1 is 1.12 bits per heavy atom. The van der Waals surface area contributed by atoms with Gasteiger partial charge in [-0.05, 0) is 60.5 Å². The largest absolute Gasteiger partial charge is 0.504 e. The van der Waals surface area contributed by atoms with Gasteiger partial charge in [0.15, 0.2) is 16.9 Å². The molecule has 0 aliphatic carbocycles. The summed E-state index contributed by atoms with van der Waals surface area (Å²) in [4.78, 5) is 33.0. The minimum absolute atomic E-state index is 0.0230. The highest BCUT2D eigenvalue weighted by Gasteiger charge is 2.44. The number of hydrogen-bond donors (Lipinski definition) is 1. The number of aryl methyl sites for hydroxylation is 1. The third kappa shape index (κ3) is 3.06. The van der Waals surface area contributed by atoms with Crippen LogP contribution < -0.4 is 15.1 Å². The zero-order valence-corrected chi connectivity index (χ0v) is 18.7. The van der Waals surface area contributed by atoms with E-state index in [-0.39, 0.29) is 28.3 Å². The van der Waals surface area contributed by atoms with Crippen molar-refractivity contribution in [3.05, 3.63) is 91.9 Å². The van der Waals surface area contributed by atoms with E-state index in [9.17, 15) is 14.7 Å². The van der Waals surface area contributed by atoms with Gasteiger partial charge < -0.3 is 14.3 Å². The van der Waals surface area contributed by atoms with Gasteiger partial charge in [-0.2, -0.15) is 0 Å². The zero-order valence-electron chi connectivity index (χ0n) is 17.1. The molecule has 32 heavy (non-hydrogen) atoms. The third-order valence-electron chi connectivity index (χ3n) is 5.50. The minimum Gasteiger partial charge on any atom is -0.504 e. The van der Waals surface area contributed by atoms with Crippen LogP contribution in [0.4, 0.5) is 5.82 Å². The molecule has 5 rings (SSSR count). The summed E-state index contributed by atoms with van der Waals surface area (Å²) in [5.74, 6) is 0.0919. The lowest BCUT2D eigenvalue weighted by atomic mass is 9.98. The van der Waals surface area contributed by atoms with Crippen LogP contribution in [0.5, 0.6) is 11.5 Å². The molecule has 1 atom stereocenters. The monoisotopic (exact) mass is 492 g/mol. The van der Waals surface area contributed by atoms with Gasteiger partial charge in [-0.1, -0.05) is 22.0 Å². The Morgan fingerprint density at radius 3 is 2.69 bits per heavy atom. The summed E-state index contributed by atoms with van der Waals surface area (Å²) in [5.41, 5.74) is 1.73. The number of methoxy groups -OCH3 is 1. The third-order valence-corrected chi connectivity index (χ3v) is 5.99. The summed E-state index contributed by atoms with van der Waals surface area (Å²) in [6, 6.07) is 12.6. The predicted molar refractivity (Wildman–Crippen MR) is 122 cm³/mol. The first-order chi connectivity index (χ1) is 15.4. The molecule has 4 aromatic rings. The molecule has 8 heteroatoms. The number of ether oxygens (including phenoxy) is 1. The maximum Gasteiger partial charge on any atom is 0.296 e. The fraction of sp³-hybridized carbons (Fsp3) is 0.125. The van der Waals surface area contributed by atoms with Crippen LogP contribution in [0, 0.1) is 6.92 Å². The molecule has 0 saturated heterocycles. The number of anilines is 1.